The van der Waals surface area contributed by atoms with Crippen LogP contribution in [-0.4, -0.2) is 38.3 Å². The van der Waals surface area contributed by atoms with Crippen LogP contribution in [0.25, 0.3) is 22.3 Å². The molecule has 3 rings (SSSR count). The van der Waals surface area contributed by atoms with Crippen LogP contribution in [0.4, 0.5) is 5.95 Å². The summed E-state index contributed by atoms with van der Waals surface area (Å²) in [5, 5.41) is 9.69. The molecule has 0 aliphatic rings. The van der Waals surface area contributed by atoms with E-state index in [0.29, 0.717) is 17.1 Å². The van der Waals surface area contributed by atoms with Gasteiger partial charge in [0.25, 0.3) is 0 Å². The second kappa shape index (κ2) is 5.14. The molecular weight excluding hydrogens is 258 g/mol. The summed E-state index contributed by atoms with van der Waals surface area (Å²) in [6, 6.07) is 3.52. The molecule has 0 aliphatic carbocycles. The fourth-order valence-corrected chi connectivity index (χ4v) is 2.03. The minimum Gasteiger partial charge on any atom is -0.490 e. The van der Waals surface area contributed by atoms with E-state index in [9.17, 15) is 0 Å². The van der Waals surface area contributed by atoms with Crippen molar-refractivity contribution in [1.29, 1.82) is 0 Å². The summed E-state index contributed by atoms with van der Waals surface area (Å²) in [6.07, 6.45) is 5.04. The molecule has 0 fully saturated rings. The average Bonchev–Trinajstić information content (AvgIpc) is 2.89. The van der Waals surface area contributed by atoms with Crippen LogP contribution in [0.5, 0.6) is 5.75 Å². The first-order valence-corrected chi connectivity index (χ1v) is 6.08. The highest BCUT2D eigenvalue weighted by Gasteiger charge is 2.13. The van der Waals surface area contributed by atoms with Crippen LogP contribution >= 0.6 is 0 Å². The lowest BCUT2D eigenvalue weighted by Gasteiger charge is -2.07. The van der Waals surface area contributed by atoms with Gasteiger partial charge in [-0.1, -0.05) is 0 Å². The molecule has 0 saturated heterocycles. The molecule has 0 bridgehead atoms. The number of aromatic nitrogens is 4. The molecule has 0 radical (unpaired) electrons. The largest absolute Gasteiger partial charge is 0.490 e. The molecule has 0 amide bonds. The van der Waals surface area contributed by atoms with Gasteiger partial charge in [-0.05, 0) is 12.1 Å². The van der Waals surface area contributed by atoms with Crippen molar-refractivity contribution in [1.82, 2.24) is 19.9 Å². The number of fused-ring (bicyclic) bond motifs is 1. The van der Waals surface area contributed by atoms with E-state index in [-0.39, 0.29) is 19.2 Å². The Morgan fingerprint density at radius 2 is 2.10 bits per heavy atom. The van der Waals surface area contributed by atoms with Crippen molar-refractivity contribution in [3.63, 3.8) is 0 Å². The number of ether oxygens (including phenoxy) is 1. The van der Waals surface area contributed by atoms with Gasteiger partial charge in [-0.15, -0.1) is 0 Å². The fourth-order valence-electron chi connectivity index (χ4n) is 2.03. The zero-order chi connectivity index (χ0) is 13.9. The topological polar surface area (TPSA) is 110 Å². The van der Waals surface area contributed by atoms with E-state index in [0.717, 1.165) is 10.9 Å². The molecule has 3 aromatic rings. The lowest BCUT2D eigenvalue weighted by molar-refractivity contribution is 0.203. The van der Waals surface area contributed by atoms with Crippen LogP contribution in [-0.2, 0) is 0 Å². The van der Waals surface area contributed by atoms with E-state index in [2.05, 4.69) is 19.9 Å². The summed E-state index contributed by atoms with van der Waals surface area (Å²) in [7, 11) is 0. The molecule has 0 spiro atoms. The quantitative estimate of drug-likeness (QED) is 0.652. The highest BCUT2D eigenvalue weighted by atomic mass is 16.5. The van der Waals surface area contributed by atoms with Crippen LogP contribution in [0.2, 0.25) is 0 Å². The first-order chi connectivity index (χ1) is 9.79. The standard InChI is InChI=1S/C13H13N5O2/c14-13-16-3-1-9(18-13)8-7-17-12-11(8)10(2-4-15-12)20-6-5-19/h1-4,7,19H,5-6H2,(H,15,17)(H2,14,16,18). The van der Waals surface area contributed by atoms with Gasteiger partial charge in [0.1, 0.15) is 18.0 Å². The molecule has 20 heavy (non-hydrogen) atoms. The molecule has 0 aliphatic heterocycles. The Balaban J connectivity index is 2.16. The number of nitrogens with one attached hydrogen (secondary N) is 1. The SMILES string of the molecule is Nc1nccc(-c2c[nH]c3nccc(OCCO)c23)n1. The number of nitrogens with two attached hydrogens (primary N) is 1. The molecular formula is C13H13N5O2. The lowest BCUT2D eigenvalue weighted by atomic mass is 10.1. The first kappa shape index (κ1) is 12.4. The lowest BCUT2D eigenvalue weighted by Crippen LogP contribution is -2.02. The number of nitrogen functional groups attached to an aromatic ring is 1. The third kappa shape index (κ3) is 2.14. The van der Waals surface area contributed by atoms with E-state index in [1.165, 1.54) is 0 Å². The minimum absolute atomic E-state index is 0.0516. The molecule has 4 N–H and O–H groups in total. The maximum absolute atomic E-state index is 8.89. The zero-order valence-corrected chi connectivity index (χ0v) is 10.6. The Labute approximate surface area is 114 Å². The number of nitrogens with zero attached hydrogens (tertiary/aromatic N) is 3. The Morgan fingerprint density at radius 1 is 1.25 bits per heavy atom. The van der Waals surface area contributed by atoms with Crippen molar-refractivity contribution in [3.05, 3.63) is 30.7 Å². The monoisotopic (exact) mass is 271 g/mol. The van der Waals surface area contributed by atoms with Gasteiger partial charge >= 0.3 is 0 Å². The summed E-state index contributed by atoms with van der Waals surface area (Å²) in [4.78, 5) is 15.4. The highest BCUT2D eigenvalue weighted by molar-refractivity contribution is 5.97. The normalized spacial score (nSPS) is 10.8. The van der Waals surface area contributed by atoms with Crippen molar-refractivity contribution in [2.75, 3.05) is 18.9 Å². The van der Waals surface area contributed by atoms with Crippen molar-refractivity contribution >= 4 is 17.0 Å². The molecule has 7 heteroatoms. The molecule has 0 atom stereocenters. The van der Waals surface area contributed by atoms with Crippen molar-refractivity contribution < 1.29 is 9.84 Å². The number of pyridine rings is 1. The van der Waals surface area contributed by atoms with E-state index in [1.807, 2.05) is 0 Å². The summed E-state index contributed by atoms with van der Waals surface area (Å²) in [5.74, 6) is 0.844. The highest BCUT2D eigenvalue weighted by Crippen LogP contribution is 2.33. The number of aliphatic hydroxyl groups is 1. The van der Waals surface area contributed by atoms with Gasteiger partial charge < -0.3 is 20.6 Å². The van der Waals surface area contributed by atoms with Gasteiger partial charge in [-0.25, -0.2) is 15.0 Å². The number of aliphatic hydroxyl groups excluding tert-OH is 1. The summed E-state index contributed by atoms with van der Waals surface area (Å²) >= 11 is 0. The van der Waals surface area contributed by atoms with Crippen molar-refractivity contribution in [3.8, 4) is 17.0 Å². The second-order valence-corrected chi connectivity index (χ2v) is 4.11. The Hall–Kier alpha value is -2.67. The zero-order valence-electron chi connectivity index (χ0n) is 10.6. The van der Waals surface area contributed by atoms with Gasteiger partial charge in [0.05, 0.1) is 17.7 Å². The second-order valence-electron chi connectivity index (χ2n) is 4.11. The van der Waals surface area contributed by atoms with Crippen LogP contribution in [0.1, 0.15) is 0 Å². The summed E-state index contributed by atoms with van der Waals surface area (Å²) in [6.45, 7) is 0.166. The molecule has 3 heterocycles. The number of aromatic amines is 1. The van der Waals surface area contributed by atoms with Crippen molar-refractivity contribution in [2.45, 2.75) is 0 Å². The van der Waals surface area contributed by atoms with Gasteiger partial charge in [-0.2, -0.15) is 0 Å². The summed E-state index contributed by atoms with van der Waals surface area (Å²) in [5.41, 5.74) is 7.82. The van der Waals surface area contributed by atoms with Crippen LogP contribution in [0, 0.1) is 0 Å². The number of H-pyrrole nitrogens is 1. The van der Waals surface area contributed by atoms with Gasteiger partial charge in [0.15, 0.2) is 0 Å². The number of anilines is 1. The van der Waals surface area contributed by atoms with Gasteiger partial charge in [-0.3, -0.25) is 0 Å². The smallest absolute Gasteiger partial charge is 0.220 e. The molecule has 3 aromatic heterocycles. The van der Waals surface area contributed by atoms with Crippen LogP contribution in [0.15, 0.2) is 30.7 Å². The predicted molar refractivity (Wildman–Crippen MR) is 74.1 cm³/mol. The Kier molecular flexibility index (Phi) is 3.18. The molecule has 0 saturated carbocycles. The van der Waals surface area contributed by atoms with E-state index < -0.39 is 0 Å². The third-order valence-electron chi connectivity index (χ3n) is 2.83. The number of hydrogen-bond acceptors (Lipinski definition) is 6. The average molecular weight is 271 g/mol. The first-order valence-electron chi connectivity index (χ1n) is 6.08. The Morgan fingerprint density at radius 3 is 2.90 bits per heavy atom. The fraction of sp³-hybridized carbons (Fsp3) is 0.154. The number of hydrogen-bond donors (Lipinski definition) is 3. The van der Waals surface area contributed by atoms with E-state index >= 15 is 0 Å². The maximum atomic E-state index is 8.89. The molecule has 7 nitrogen and oxygen atoms in total. The molecule has 0 unspecified atom stereocenters. The minimum atomic E-state index is -0.0516. The Bertz CT molecular complexity index is 740. The van der Waals surface area contributed by atoms with E-state index in [4.69, 9.17) is 15.6 Å². The third-order valence-corrected chi connectivity index (χ3v) is 2.83. The molecule has 102 valence electrons. The summed E-state index contributed by atoms with van der Waals surface area (Å²) < 4.78 is 5.53. The van der Waals surface area contributed by atoms with Gasteiger partial charge in [0.2, 0.25) is 5.95 Å². The van der Waals surface area contributed by atoms with Crippen LogP contribution < -0.4 is 10.5 Å². The number of rotatable bonds is 4. The predicted octanol–water partition coefficient (Wildman–Crippen LogP) is 0.973. The van der Waals surface area contributed by atoms with E-state index in [1.54, 1.807) is 30.7 Å². The van der Waals surface area contributed by atoms with Gasteiger partial charge in [0, 0.05) is 24.2 Å². The van der Waals surface area contributed by atoms with Crippen molar-refractivity contribution in [2.24, 2.45) is 0 Å². The maximum Gasteiger partial charge on any atom is 0.220 e. The molecule has 0 aromatic carbocycles. The van der Waals surface area contributed by atoms with Crippen LogP contribution in [0.3, 0.4) is 0 Å².